The molecule has 0 radical (unpaired) electrons. The monoisotopic (exact) mass is 400 g/mol. The summed E-state index contributed by atoms with van der Waals surface area (Å²) in [6.45, 7) is 0. The number of ether oxygens (including phenoxy) is 1. The van der Waals surface area contributed by atoms with Gasteiger partial charge in [-0.05, 0) is 35.2 Å². The number of ketones is 1. The van der Waals surface area contributed by atoms with E-state index in [4.69, 9.17) is 4.74 Å². The Kier molecular flexibility index (Phi) is 3.53. The molecule has 2 unspecified atom stereocenters. The number of benzene rings is 1. The Morgan fingerprint density at radius 1 is 1.16 bits per heavy atom. The fourth-order valence-corrected chi connectivity index (χ4v) is 4.84. The molecule has 2 nitrogen and oxygen atoms in total. The fourth-order valence-electron chi connectivity index (χ4n) is 2.26. The highest BCUT2D eigenvalue weighted by Crippen LogP contribution is 2.49. The first-order valence-corrected chi connectivity index (χ1v) is 8.42. The molecule has 98 valence electrons. The molecular weight excluding hydrogens is 392 g/mol. The lowest BCUT2D eigenvalue weighted by atomic mass is 10.0. The van der Waals surface area contributed by atoms with Crippen molar-refractivity contribution in [1.29, 1.82) is 0 Å². The highest BCUT2D eigenvalue weighted by atomic mass is 79.9. The number of methoxy groups -OCH3 is 1. The zero-order chi connectivity index (χ0) is 13.6. The summed E-state index contributed by atoms with van der Waals surface area (Å²) in [4.78, 5) is 13.8. The second-order valence-electron chi connectivity index (χ2n) is 4.28. The highest BCUT2D eigenvalue weighted by Gasteiger charge is 2.33. The van der Waals surface area contributed by atoms with Crippen molar-refractivity contribution >= 4 is 49.0 Å². The van der Waals surface area contributed by atoms with Crippen molar-refractivity contribution in [3.63, 3.8) is 0 Å². The van der Waals surface area contributed by atoms with Gasteiger partial charge in [0.15, 0.2) is 5.78 Å². The first-order chi connectivity index (χ1) is 9.13. The minimum Gasteiger partial charge on any atom is -0.497 e. The SMILES string of the molecule is COc1ccc2c(c1)C(Br)C(Br)c1sccc1C2=O. The summed E-state index contributed by atoms with van der Waals surface area (Å²) < 4.78 is 5.25. The Balaban J connectivity index is 2.25. The average Bonchev–Trinajstić information content (AvgIpc) is 2.91. The number of hydrogen-bond donors (Lipinski definition) is 0. The van der Waals surface area contributed by atoms with Crippen molar-refractivity contribution in [2.24, 2.45) is 0 Å². The molecule has 1 aromatic carbocycles. The minimum atomic E-state index is 0.0430. The predicted octanol–water partition coefficient (Wildman–Crippen LogP) is 4.87. The molecule has 1 aromatic heterocycles. The Morgan fingerprint density at radius 2 is 1.95 bits per heavy atom. The van der Waals surface area contributed by atoms with Crippen LogP contribution >= 0.6 is 43.2 Å². The predicted molar refractivity (Wildman–Crippen MR) is 84.1 cm³/mol. The van der Waals surface area contributed by atoms with Crippen molar-refractivity contribution in [3.8, 4) is 5.75 Å². The van der Waals surface area contributed by atoms with Gasteiger partial charge in [-0.15, -0.1) is 11.3 Å². The maximum atomic E-state index is 12.6. The average molecular weight is 402 g/mol. The minimum absolute atomic E-state index is 0.0430. The molecule has 2 atom stereocenters. The zero-order valence-corrected chi connectivity index (χ0v) is 14.0. The van der Waals surface area contributed by atoms with Crippen LogP contribution < -0.4 is 4.74 Å². The van der Waals surface area contributed by atoms with E-state index in [1.807, 2.05) is 29.6 Å². The van der Waals surface area contributed by atoms with Crippen LogP contribution in [-0.4, -0.2) is 12.9 Å². The van der Waals surface area contributed by atoms with E-state index in [2.05, 4.69) is 31.9 Å². The number of carbonyl (C=O) groups is 1. The molecule has 0 aliphatic heterocycles. The molecule has 0 spiro atoms. The van der Waals surface area contributed by atoms with Gasteiger partial charge in [0.1, 0.15) is 5.75 Å². The van der Waals surface area contributed by atoms with Crippen LogP contribution in [0.15, 0.2) is 29.6 Å². The molecule has 0 N–H and O–H groups in total. The van der Waals surface area contributed by atoms with Crippen molar-refractivity contribution < 1.29 is 9.53 Å². The molecule has 1 heterocycles. The van der Waals surface area contributed by atoms with Gasteiger partial charge in [-0.25, -0.2) is 0 Å². The summed E-state index contributed by atoms with van der Waals surface area (Å²) in [5, 5.41) is 1.96. The third-order valence-corrected chi connectivity index (χ3v) is 7.27. The maximum absolute atomic E-state index is 12.6. The lowest BCUT2D eigenvalue weighted by Gasteiger charge is -2.16. The summed E-state index contributed by atoms with van der Waals surface area (Å²) in [6.07, 6.45) is 0. The number of carbonyl (C=O) groups excluding carboxylic acids is 1. The van der Waals surface area contributed by atoms with Gasteiger partial charge in [0.2, 0.25) is 0 Å². The van der Waals surface area contributed by atoms with Crippen molar-refractivity contribution in [2.45, 2.75) is 9.65 Å². The van der Waals surface area contributed by atoms with E-state index in [9.17, 15) is 4.79 Å². The van der Waals surface area contributed by atoms with Crippen LogP contribution in [0.3, 0.4) is 0 Å². The summed E-state index contributed by atoms with van der Waals surface area (Å²) in [5.41, 5.74) is 2.50. The number of thiophene rings is 1. The maximum Gasteiger partial charge on any atom is 0.194 e. The largest absolute Gasteiger partial charge is 0.497 e. The van der Waals surface area contributed by atoms with Crippen LogP contribution in [0.25, 0.3) is 0 Å². The molecule has 0 saturated heterocycles. The fraction of sp³-hybridized carbons (Fsp3) is 0.214. The summed E-state index contributed by atoms with van der Waals surface area (Å²) in [5.74, 6) is 0.848. The van der Waals surface area contributed by atoms with E-state index in [1.165, 1.54) is 0 Å². The van der Waals surface area contributed by atoms with Gasteiger partial charge < -0.3 is 4.74 Å². The summed E-state index contributed by atoms with van der Waals surface area (Å²) in [6, 6.07) is 7.50. The molecule has 0 amide bonds. The van der Waals surface area contributed by atoms with E-state index in [0.29, 0.717) is 0 Å². The van der Waals surface area contributed by atoms with Gasteiger partial charge in [-0.3, -0.25) is 4.79 Å². The van der Waals surface area contributed by atoms with E-state index in [-0.39, 0.29) is 15.4 Å². The van der Waals surface area contributed by atoms with Crippen molar-refractivity contribution in [3.05, 3.63) is 51.2 Å². The lowest BCUT2D eigenvalue weighted by molar-refractivity contribution is 0.103. The number of halogens is 2. The third-order valence-electron chi connectivity index (χ3n) is 3.25. The zero-order valence-electron chi connectivity index (χ0n) is 10.0. The van der Waals surface area contributed by atoms with E-state index in [1.54, 1.807) is 18.4 Å². The normalized spacial score (nSPS) is 21.5. The highest BCUT2D eigenvalue weighted by molar-refractivity contribution is 9.12. The molecular formula is C14H10Br2O2S. The Bertz CT molecular complexity index is 651. The summed E-state index contributed by atoms with van der Waals surface area (Å²) in [7, 11) is 1.63. The van der Waals surface area contributed by atoms with Crippen LogP contribution in [0.4, 0.5) is 0 Å². The van der Waals surface area contributed by atoms with E-state index < -0.39 is 0 Å². The molecule has 0 fully saturated rings. The van der Waals surface area contributed by atoms with Crippen LogP contribution in [0.2, 0.25) is 0 Å². The molecule has 3 rings (SSSR count). The second kappa shape index (κ2) is 5.04. The Labute approximate surface area is 132 Å². The van der Waals surface area contributed by atoms with Gasteiger partial charge in [0.25, 0.3) is 0 Å². The number of fused-ring (bicyclic) bond motifs is 2. The summed E-state index contributed by atoms with van der Waals surface area (Å²) >= 11 is 9.00. The molecule has 1 aliphatic rings. The van der Waals surface area contributed by atoms with Gasteiger partial charge >= 0.3 is 0 Å². The third kappa shape index (κ3) is 2.08. The van der Waals surface area contributed by atoms with E-state index >= 15 is 0 Å². The van der Waals surface area contributed by atoms with Crippen molar-refractivity contribution in [1.82, 2.24) is 0 Å². The number of rotatable bonds is 1. The Morgan fingerprint density at radius 3 is 2.68 bits per heavy atom. The van der Waals surface area contributed by atoms with Gasteiger partial charge in [0.05, 0.1) is 16.8 Å². The van der Waals surface area contributed by atoms with Crippen LogP contribution in [0.5, 0.6) is 5.75 Å². The van der Waals surface area contributed by atoms with Gasteiger partial charge in [0, 0.05) is 16.0 Å². The molecule has 1 aliphatic carbocycles. The molecule has 0 saturated carbocycles. The molecule has 19 heavy (non-hydrogen) atoms. The topological polar surface area (TPSA) is 26.3 Å². The smallest absolute Gasteiger partial charge is 0.194 e. The number of hydrogen-bond acceptors (Lipinski definition) is 3. The second-order valence-corrected chi connectivity index (χ2v) is 7.21. The quantitative estimate of drug-likeness (QED) is 0.637. The standard InChI is InChI=1S/C14H10Br2O2S/c1-18-7-2-3-8-10(6-7)11(15)12(16)14-9(13(8)17)4-5-19-14/h2-6,11-12H,1H3. The van der Waals surface area contributed by atoms with Gasteiger partial charge in [-0.1, -0.05) is 31.9 Å². The van der Waals surface area contributed by atoms with Crippen LogP contribution in [-0.2, 0) is 0 Å². The van der Waals surface area contributed by atoms with Crippen LogP contribution in [0.1, 0.15) is 36.0 Å². The first-order valence-electron chi connectivity index (χ1n) is 5.71. The van der Waals surface area contributed by atoms with E-state index in [0.717, 1.165) is 27.3 Å². The Hall–Kier alpha value is -0.650. The van der Waals surface area contributed by atoms with Gasteiger partial charge in [-0.2, -0.15) is 0 Å². The molecule has 5 heteroatoms. The van der Waals surface area contributed by atoms with Crippen molar-refractivity contribution in [2.75, 3.05) is 7.11 Å². The number of alkyl halides is 2. The lowest BCUT2D eigenvalue weighted by Crippen LogP contribution is -2.03. The van der Waals surface area contributed by atoms with Crippen LogP contribution in [0, 0.1) is 0 Å². The molecule has 0 bridgehead atoms. The molecule has 2 aromatic rings. The first kappa shape index (κ1) is 13.3.